The highest BCUT2D eigenvalue weighted by atomic mass is 16.5. The number of ether oxygens (including phenoxy) is 2. The summed E-state index contributed by atoms with van der Waals surface area (Å²) in [7, 11) is 0. The summed E-state index contributed by atoms with van der Waals surface area (Å²) in [6.45, 7) is 8.11. The Morgan fingerprint density at radius 2 is 1.91 bits per heavy atom. The van der Waals surface area contributed by atoms with Crippen LogP contribution in [0.3, 0.4) is 0 Å². The van der Waals surface area contributed by atoms with Crippen LogP contribution in [-0.4, -0.2) is 56.3 Å². The van der Waals surface area contributed by atoms with E-state index in [2.05, 4.69) is 10.2 Å². The lowest BCUT2D eigenvalue weighted by molar-refractivity contribution is -0.127. The van der Waals surface area contributed by atoms with Gasteiger partial charge >= 0.3 is 5.63 Å². The minimum Gasteiger partial charge on any atom is -0.480 e. The summed E-state index contributed by atoms with van der Waals surface area (Å²) in [4.78, 5) is 27.0. The predicted molar refractivity (Wildman–Crippen MR) is 123 cm³/mol. The van der Waals surface area contributed by atoms with Crippen LogP contribution in [0.4, 0.5) is 0 Å². The monoisotopic (exact) mass is 436 g/mol. The molecule has 1 fully saturated rings. The second-order valence-corrected chi connectivity index (χ2v) is 7.92. The van der Waals surface area contributed by atoms with Crippen molar-refractivity contribution in [1.82, 2.24) is 10.2 Å². The van der Waals surface area contributed by atoms with Crippen LogP contribution in [0.5, 0.6) is 5.75 Å². The molecule has 7 nitrogen and oxygen atoms in total. The molecule has 7 heteroatoms. The van der Waals surface area contributed by atoms with E-state index in [4.69, 9.17) is 13.9 Å². The number of hydrogen-bond acceptors (Lipinski definition) is 6. The van der Waals surface area contributed by atoms with E-state index in [1.807, 2.05) is 49.4 Å². The van der Waals surface area contributed by atoms with Crippen molar-refractivity contribution in [2.24, 2.45) is 0 Å². The predicted octanol–water partition coefficient (Wildman–Crippen LogP) is 2.98. The molecule has 1 amide bonds. The topological polar surface area (TPSA) is 81.0 Å². The van der Waals surface area contributed by atoms with Gasteiger partial charge in [-0.2, -0.15) is 0 Å². The van der Waals surface area contributed by atoms with E-state index < -0.39 is 11.7 Å². The van der Waals surface area contributed by atoms with Crippen LogP contribution < -0.4 is 15.7 Å². The fourth-order valence-electron chi connectivity index (χ4n) is 3.88. The van der Waals surface area contributed by atoms with E-state index in [1.54, 1.807) is 6.92 Å². The standard InChI is InChI=1S/C25H28N2O5/c1-17-22(31-18(2)25(29)26-10-11-27-12-14-30-15-13-27)9-8-20-21(16-23(28)32-24(17)20)19-6-4-3-5-7-19/h3-9,16,18H,10-15H2,1-2H3,(H,26,29)/t18-/m0/s1. The molecule has 1 aromatic heterocycles. The maximum atomic E-state index is 12.5. The number of aryl methyl sites for hydroxylation is 1. The summed E-state index contributed by atoms with van der Waals surface area (Å²) >= 11 is 0. The number of hydrogen-bond donors (Lipinski definition) is 1. The van der Waals surface area contributed by atoms with Crippen molar-refractivity contribution in [2.45, 2.75) is 20.0 Å². The van der Waals surface area contributed by atoms with Crippen molar-refractivity contribution >= 4 is 16.9 Å². The zero-order valence-electron chi connectivity index (χ0n) is 18.4. The normalized spacial score (nSPS) is 15.4. The molecular formula is C25H28N2O5. The highest BCUT2D eigenvalue weighted by molar-refractivity contribution is 5.95. The number of morpholine rings is 1. The average Bonchev–Trinajstić information content (AvgIpc) is 2.82. The Balaban J connectivity index is 1.48. The molecule has 1 N–H and O–H groups in total. The second kappa shape index (κ2) is 9.97. The third-order valence-electron chi connectivity index (χ3n) is 5.70. The number of carbonyl (C=O) groups is 1. The van der Waals surface area contributed by atoms with Gasteiger partial charge in [-0.25, -0.2) is 4.79 Å². The van der Waals surface area contributed by atoms with Gasteiger partial charge in [0.1, 0.15) is 11.3 Å². The fraction of sp³-hybridized carbons (Fsp3) is 0.360. The lowest BCUT2D eigenvalue weighted by Gasteiger charge is -2.26. The highest BCUT2D eigenvalue weighted by Crippen LogP contribution is 2.33. The first-order valence-corrected chi connectivity index (χ1v) is 10.9. The minimum atomic E-state index is -0.681. The summed E-state index contributed by atoms with van der Waals surface area (Å²) < 4.78 is 16.8. The molecular weight excluding hydrogens is 408 g/mol. The van der Waals surface area contributed by atoms with Crippen molar-refractivity contribution in [3.05, 3.63) is 64.5 Å². The molecule has 1 saturated heterocycles. The van der Waals surface area contributed by atoms with Gasteiger partial charge in [0.25, 0.3) is 5.91 Å². The Morgan fingerprint density at radius 1 is 1.16 bits per heavy atom. The Bertz CT molecular complexity index is 1140. The first-order valence-electron chi connectivity index (χ1n) is 10.9. The van der Waals surface area contributed by atoms with Crippen molar-refractivity contribution in [1.29, 1.82) is 0 Å². The number of nitrogens with zero attached hydrogens (tertiary/aromatic N) is 1. The second-order valence-electron chi connectivity index (χ2n) is 7.92. The van der Waals surface area contributed by atoms with Gasteiger partial charge in [0.15, 0.2) is 6.10 Å². The molecule has 2 aromatic carbocycles. The van der Waals surface area contributed by atoms with Crippen LogP contribution in [0.1, 0.15) is 12.5 Å². The number of rotatable bonds is 7. The molecule has 0 bridgehead atoms. The van der Waals surface area contributed by atoms with Gasteiger partial charge in [0, 0.05) is 43.2 Å². The largest absolute Gasteiger partial charge is 0.480 e. The average molecular weight is 437 g/mol. The van der Waals surface area contributed by atoms with E-state index in [1.165, 1.54) is 6.07 Å². The summed E-state index contributed by atoms with van der Waals surface area (Å²) in [6, 6.07) is 14.9. The maximum absolute atomic E-state index is 12.5. The van der Waals surface area contributed by atoms with Crippen LogP contribution in [0, 0.1) is 6.92 Å². The SMILES string of the molecule is Cc1c(O[C@@H](C)C(=O)NCCN2CCOCC2)ccc2c(-c3ccccc3)cc(=O)oc12. The van der Waals surface area contributed by atoms with Crippen LogP contribution in [0.25, 0.3) is 22.1 Å². The van der Waals surface area contributed by atoms with Gasteiger partial charge in [-0.3, -0.25) is 9.69 Å². The molecule has 0 saturated carbocycles. The first-order chi connectivity index (χ1) is 15.5. The third kappa shape index (κ3) is 5.00. The lowest BCUT2D eigenvalue weighted by Crippen LogP contribution is -2.43. The molecule has 0 unspecified atom stereocenters. The Hall–Kier alpha value is -3.16. The zero-order chi connectivity index (χ0) is 22.5. The van der Waals surface area contributed by atoms with Crippen molar-refractivity contribution in [3.63, 3.8) is 0 Å². The summed E-state index contributed by atoms with van der Waals surface area (Å²) in [6.07, 6.45) is -0.681. The summed E-state index contributed by atoms with van der Waals surface area (Å²) in [5, 5.41) is 3.75. The zero-order valence-corrected chi connectivity index (χ0v) is 18.4. The summed E-state index contributed by atoms with van der Waals surface area (Å²) in [5.74, 6) is 0.332. The van der Waals surface area contributed by atoms with Crippen molar-refractivity contribution in [3.8, 4) is 16.9 Å². The number of fused-ring (bicyclic) bond motifs is 1. The van der Waals surface area contributed by atoms with E-state index in [9.17, 15) is 9.59 Å². The molecule has 0 radical (unpaired) electrons. The molecule has 0 aliphatic carbocycles. The quantitative estimate of drug-likeness (QED) is 0.574. The lowest BCUT2D eigenvalue weighted by atomic mass is 10.00. The van der Waals surface area contributed by atoms with Gasteiger partial charge in [0.2, 0.25) is 0 Å². The Morgan fingerprint density at radius 3 is 2.66 bits per heavy atom. The maximum Gasteiger partial charge on any atom is 0.336 e. The highest BCUT2D eigenvalue weighted by Gasteiger charge is 2.19. The van der Waals surface area contributed by atoms with E-state index in [0.29, 0.717) is 23.4 Å². The van der Waals surface area contributed by atoms with Gasteiger partial charge in [0.05, 0.1) is 13.2 Å². The molecule has 32 heavy (non-hydrogen) atoms. The van der Waals surface area contributed by atoms with Crippen LogP contribution in [0.15, 0.2) is 57.7 Å². The number of nitrogens with one attached hydrogen (secondary N) is 1. The van der Waals surface area contributed by atoms with E-state index >= 15 is 0 Å². The fourth-order valence-corrected chi connectivity index (χ4v) is 3.88. The smallest absolute Gasteiger partial charge is 0.336 e. The number of carbonyl (C=O) groups excluding carboxylic acids is 1. The molecule has 1 aliphatic rings. The van der Waals surface area contributed by atoms with E-state index in [-0.39, 0.29) is 5.91 Å². The summed E-state index contributed by atoms with van der Waals surface area (Å²) in [5.41, 5.74) is 2.47. The van der Waals surface area contributed by atoms with Crippen LogP contribution >= 0.6 is 0 Å². The molecule has 4 rings (SSSR count). The van der Waals surface area contributed by atoms with Gasteiger partial charge in [-0.15, -0.1) is 0 Å². The van der Waals surface area contributed by atoms with Crippen molar-refractivity contribution < 1.29 is 18.7 Å². The van der Waals surface area contributed by atoms with Crippen LogP contribution in [0.2, 0.25) is 0 Å². The first kappa shape index (κ1) is 22.0. The Labute approximate surface area is 186 Å². The number of benzene rings is 2. The molecule has 3 aromatic rings. The van der Waals surface area contributed by atoms with Gasteiger partial charge in [-0.1, -0.05) is 30.3 Å². The van der Waals surface area contributed by atoms with Gasteiger partial charge in [-0.05, 0) is 37.1 Å². The molecule has 1 aliphatic heterocycles. The molecule has 1 atom stereocenters. The van der Waals surface area contributed by atoms with Crippen LogP contribution in [-0.2, 0) is 9.53 Å². The molecule has 168 valence electrons. The van der Waals surface area contributed by atoms with Crippen molar-refractivity contribution in [2.75, 3.05) is 39.4 Å². The number of amides is 1. The van der Waals surface area contributed by atoms with E-state index in [0.717, 1.165) is 49.4 Å². The van der Waals surface area contributed by atoms with Gasteiger partial charge < -0.3 is 19.2 Å². The molecule has 2 heterocycles. The third-order valence-corrected chi connectivity index (χ3v) is 5.70. The molecule has 0 spiro atoms. The Kier molecular flexibility index (Phi) is 6.87. The minimum absolute atomic E-state index is 0.183.